The molecule has 1 aromatic rings. The zero-order chi connectivity index (χ0) is 14.6. The van der Waals surface area contributed by atoms with Crippen molar-refractivity contribution in [2.24, 2.45) is 0 Å². The van der Waals surface area contributed by atoms with E-state index in [-0.39, 0.29) is 11.3 Å². The molecular weight excluding hydrogens is 277 g/mol. The molecule has 0 heterocycles. The Morgan fingerprint density at radius 1 is 1.47 bits per heavy atom. The molecule has 106 valence electrons. The number of aliphatic carboxylic acids is 1. The van der Waals surface area contributed by atoms with E-state index in [0.29, 0.717) is 5.56 Å². The first-order valence-electron chi connectivity index (χ1n) is 5.40. The van der Waals surface area contributed by atoms with Crippen LogP contribution in [0.25, 0.3) is 0 Å². The number of carboxylic acid groups (broad SMARTS) is 1. The van der Waals surface area contributed by atoms with Crippen LogP contribution in [0.15, 0.2) is 23.1 Å². The highest BCUT2D eigenvalue weighted by molar-refractivity contribution is 7.89. The summed E-state index contributed by atoms with van der Waals surface area (Å²) in [5.41, 5.74) is 0.294. The van der Waals surface area contributed by atoms with Crippen molar-refractivity contribution in [2.45, 2.75) is 24.3 Å². The van der Waals surface area contributed by atoms with Crippen LogP contribution in [0, 0.1) is 12.7 Å². The smallest absolute Gasteiger partial charge is 0.321 e. The van der Waals surface area contributed by atoms with Crippen molar-refractivity contribution < 1.29 is 27.8 Å². The fraction of sp³-hybridized carbons (Fsp3) is 0.364. The first kappa shape index (κ1) is 15.5. The lowest BCUT2D eigenvalue weighted by Crippen LogP contribution is -2.41. The predicted octanol–water partition coefficient (Wildman–Crippen LogP) is 0.248. The van der Waals surface area contributed by atoms with Crippen LogP contribution >= 0.6 is 0 Å². The molecule has 1 rings (SSSR count). The summed E-state index contributed by atoms with van der Waals surface area (Å²) in [6, 6.07) is 1.75. The average Bonchev–Trinajstić information content (AvgIpc) is 2.31. The summed E-state index contributed by atoms with van der Waals surface area (Å²) in [6.07, 6.45) is -0.275. The Kier molecular flexibility index (Phi) is 4.98. The lowest BCUT2D eigenvalue weighted by molar-refractivity contribution is -0.139. The molecule has 0 saturated carbocycles. The van der Waals surface area contributed by atoms with E-state index in [9.17, 15) is 17.6 Å². The molecule has 1 aromatic carbocycles. The van der Waals surface area contributed by atoms with Crippen LogP contribution in [0.4, 0.5) is 4.39 Å². The Balaban J connectivity index is 3.10. The molecule has 1 atom stereocenters. The van der Waals surface area contributed by atoms with Gasteiger partial charge in [0.15, 0.2) is 0 Å². The Hall–Kier alpha value is -1.51. The van der Waals surface area contributed by atoms with Crippen molar-refractivity contribution >= 4 is 16.0 Å². The molecule has 6 nitrogen and oxygen atoms in total. The summed E-state index contributed by atoms with van der Waals surface area (Å²) < 4.78 is 38.9. The number of aliphatic hydroxyl groups excluding tert-OH is 1. The molecule has 0 amide bonds. The zero-order valence-corrected chi connectivity index (χ0v) is 10.9. The second-order valence-corrected chi connectivity index (χ2v) is 5.62. The van der Waals surface area contributed by atoms with E-state index in [4.69, 9.17) is 10.2 Å². The van der Waals surface area contributed by atoms with Crippen LogP contribution in [0.1, 0.15) is 12.0 Å². The molecule has 0 aliphatic rings. The number of carboxylic acids is 1. The Morgan fingerprint density at radius 3 is 2.63 bits per heavy atom. The van der Waals surface area contributed by atoms with Gasteiger partial charge in [-0.1, -0.05) is 6.07 Å². The van der Waals surface area contributed by atoms with Gasteiger partial charge in [-0.25, -0.2) is 12.8 Å². The van der Waals surface area contributed by atoms with Crippen LogP contribution in [-0.2, 0) is 14.8 Å². The fourth-order valence-corrected chi connectivity index (χ4v) is 2.96. The highest BCUT2D eigenvalue weighted by atomic mass is 32.2. The van der Waals surface area contributed by atoms with Crippen LogP contribution in [0.2, 0.25) is 0 Å². The van der Waals surface area contributed by atoms with Gasteiger partial charge in [0.05, 0.1) is 4.90 Å². The van der Waals surface area contributed by atoms with Gasteiger partial charge in [-0.3, -0.25) is 4.79 Å². The number of nitrogens with one attached hydrogen (secondary N) is 1. The molecule has 0 aliphatic heterocycles. The van der Waals surface area contributed by atoms with Crippen molar-refractivity contribution in [3.05, 3.63) is 29.6 Å². The van der Waals surface area contributed by atoms with E-state index < -0.39 is 34.5 Å². The van der Waals surface area contributed by atoms with Gasteiger partial charge < -0.3 is 10.2 Å². The van der Waals surface area contributed by atoms with E-state index in [1.54, 1.807) is 0 Å². The first-order valence-corrected chi connectivity index (χ1v) is 6.88. The van der Waals surface area contributed by atoms with Crippen molar-refractivity contribution in [3.63, 3.8) is 0 Å². The minimum absolute atomic E-state index is 0.275. The summed E-state index contributed by atoms with van der Waals surface area (Å²) >= 11 is 0. The van der Waals surface area contributed by atoms with Crippen LogP contribution in [0.5, 0.6) is 0 Å². The second-order valence-electron chi connectivity index (χ2n) is 3.93. The lowest BCUT2D eigenvalue weighted by Gasteiger charge is -2.14. The SMILES string of the molecule is Cc1ccc(F)cc1S(=O)(=O)N[C@@H](CCO)C(=O)O. The number of aliphatic hydroxyl groups is 1. The molecule has 0 radical (unpaired) electrons. The summed E-state index contributed by atoms with van der Waals surface area (Å²) in [7, 11) is -4.16. The number of rotatable bonds is 6. The topological polar surface area (TPSA) is 104 Å². The van der Waals surface area contributed by atoms with Gasteiger partial charge in [0.25, 0.3) is 0 Å². The largest absolute Gasteiger partial charge is 0.480 e. The summed E-state index contributed by atoms with van der Waals surface area (Å²) in [5.74, 6) is -2.15. The highest BCUT2D eigenvalue weighted by Crippen LogP contribution is 2.17. The summed E-state index contributed by atoms with van der Waals surface area (Å²) in [6.45, 7) is 0.984. The van der Waals surface area contributed by atoms with Crippen LogP contribution < -0.4 is 4.72 Å². The number of carbonyl (C=O) groups is 1. The summed E-state index contributed by atoms with van der Waals surface area (Å²) in [5, 5.41) is 17.5. The number of hydrogen-bond donors (Lipinski definition) is 3. The number of benzene rings is 1. The predicted molar refractivity (Wildman–Crippen MR) is 64.6 cm³/mol. The molecule has 3 N–H and O–H groups in total. The Morgan fingerprint density at radius 2 is 2.11 bits per heavy atom. The van der Waals surface area contributed by atoms with Gasteiger partial charge in [0.1, 0.15) is 11.9 Å². The molecule has 0 bridgehead atoms. The Labute approximate surface area is 109 Å². The molecule has 0 unspecified atom stereocenters. The van der Waals surface area contributed by atoms with Crippen molar-refractivity contribution in [1.29, 1.82) is 0 Å². The standard InChI is InChI=1S/C11H14FNO5S/c1-7-2-3-8(12)6-10(7)19(17,18)13-9(4-5-14)11(15)16/h2-3,6,9,13-14H,4-5H2,1H3,(H,15,16)/t9-/m0/s1. The summed E-state index contributed by atoms with van der Waals surface area (Å²) in [4.78, 5) is 10.5. The van der Waals surface area contributed by atoms with Crippen molar-refractivity contribution in [1.82, 2.24) is 4.72 Å². The fourth-order valence-electron chi connectivity index (χ4n) is 1.48. The lowest BCUT2D eigenvalue weighted by atomic mass is 10.2. The molecular formula is C11H14FNO5S. The minimum atomic E-state index is -4.16. The second kappa shape index (κ2) is 6.09. The van der Waals surface area contributed by atoms with Crippen LogP contribution in [-0.4, -0.2) is 37.2 Å². The van der Waals surface area contributed by atoms with Gasteiger partial charge in [0.2, 0.25) is 10.0 Å². The third-order valence-electron chi connectivity index (χ3n) is 2.45. The maximum atomic E-state index is 13.1. The number of hydrogen-bond acceptors (Lipinski definition) is 4. The monoisotopic (exact) mass is 291 g/mol. The van der Waals surface area contributed by atoms with E-state index in [1.807, 2.05) is 4.72 Å². The van der Waals surface area contributed by atoms with Gasteiger partial charge >= 0.3 is 5.97 Å². The average molecular weight is 291 g/mol. The van der Waals surface area contributed by atoms with Gasteiger partial charge in [-0.15, -0.1) is 0 Å². The van der Waals surface area contributed by atoms with Crippen LogP contribution in [0.3, 0.4) is 0 Å². The Bertz CT molecular complexity index is 572. The molecule has 0 aromatic heterocycles. The molecule has 0 aliphatic carbocycles. The van der Waals surface area contributed by atoms with Gasteiger partial charge in [0, 0.05) is 6.61 Å². The highest BCUT2D eigenvalue weighted by Gasteiger charge is 2.26. The number of halogens is 1. The molecule has 0 spiro atoms. The van der Waals surface area contributed by atoms with Gasteiger partial charge in [-0.2, -0.15) is 4.72 Å². The van der Waals surface area contributed by atoms with Gasteiger partial charge in [-0.05, 0) is 31.0 Å². The van der Waals surface area contributed by atoms with E-state index in [1.165, 1.54) is 13.0 Å². The number of aryl methyl sites for hydroxylation is 1. The first-order chi connectivity index (χ1) is 8.77. The van der Waals surface area contributed by atoms with E-state index in [0.717, 1.165) is 12.1 Å². The maximum Gasteiger partial charge on any atom is 0.321 e. The third kappa shape index (κ3) is 3.98. The minimum Gasteiger partial charge on any atom is -0.480 e. The van der Waals surface area contributed by atoms with E-state index >= 15 is 0 Å². The molecule has 0 fully saturated rings. The van der Waals surface area contributed by atoms with E-state index in [2.05, 4.69) is 0 Å². The molecule has 0 saturated heterocycles. The molecule has 19 heavy (non-hydrogen) atoms. The maximum absolute atomic E-state index is 13.1. The zero-order valence-electron chi connectivity index (χ0n) is 10.1. The normalized spacial score (nSPS) is 13.2. The third-order valence-corrected chi connectivity index (χ3v) is 4.07. The quantitative estimate of drug-likeness (QED) is 0.697. The van der Waals surface area contributed by atoms with Crippen molar-refractivity contribution in [3.8, 4) is 0 Å². The van der Waals surface area contributed by atoms with Crippen molar-refractivity contribution in [2.75, 3.05) is 6.61 Å². The number of sulfonamides is 1. The molecule has 8 heteroatoms.